The summed E-state index contributed by atoms with van der Waals surface area (Å²) in [6.07, 6.45) is 7.34. The molecule has 0 radical (unpaired) electrons. The number of amides is 1. The van der Waals surface area contributed by atoms with Crippen LogP contribution in [0, 0.1) is 29.0 Å². The average molecular weight is 636 g/mol. The van der Waals surface area contributed by atoms with Crippen molar-refractivity contribution in [2.45, 2.75) is 61.9 Å². The summed E-state index contributed by atoms with van der Waals surface area (Å²) in [5.74, 6) is 3.04. The van der Waals surface area contributed by atoms with Gasteiger partial charge in [-0.1, -0.05) is 77.4 Å². The Morgan fingerprint density at radius 3 is 2.26 bits per heavy atom. The number of hydrogen-bond donors (Lipinski definition) is 1. The fourth-order valence-electron chi connectivity index (χ4n) is 7.97. The maximum atomic E-state index is 14.3. The van der Waals surface area contributed by atoms with Crippen molar-refractivity contribution in [1.82, 2.24) is 20.1 Å². The lowest BCUT2D eigenvalue weighted by molar-refractivity contribution is -0.147. The van der Waals surface area contributed by atoms with E-state index < -0.39 is 6.04 Å². The van der Waals surface area contributed by atoms with Crippen LogP contribution >= 0.6 is 35.0 Å². The molecule has 0 spiro atoms. The van der Waals surface area contributed by atoms with E-state index in [1.807, 2.05) is 28.8 Å². The van der Waals surface area contributed by atoms with Crippen LogP contribution < -0.4 is 5.32 Å². The second kappa shape index (κ2) is 11.9. The molecule has 4 aliphatic rings. The van der Waals surface area contributed by atoms with Crippen LogP contribution in [0.15, 0.2) is 78.0 Å². The summed E-state index contributed by atoms with van der Waals surface area (Å²) in [4.78, 5) is 14.3. The maximum absolute atomic E-state index is 14.3. The topological polar surface area (TPSA) is 59.8 Å². The van der Waals surface area contributed by atoms with Crippen LogP contribution in [-0.4, -0.2) is 20.7 Å². The number of aromatic nitrogens is 3. The highest BCUT2D eigenvalue weighted by Crippen LogP contribution is 2.60. The molecule has 4 bridgehead atoms. The van der Waals surface area contributed by atoms with Gasteiger partial charge in [0.15, 0.2) is 11.0 Å². The van der Waals surface area contributed by atoms with E-state index in [1.165, 1.54) is 43.2 Å². The first-order valence-corrected chi connectivity index (χ1v) is 16.7. The summed E-state index contributed by atoms with van der Waals surface area (Å²) in [7, 11) is 0. The first-order chi connectivity index (χ1) is 20.8. The van der Waals surface area contributed by atoms with Gasteiger partial charge in [0.05, 0.1) is 16.8 Å². The highest BCUT2D eigenvalue weighted by Gasteiger charge is 2.55. The minimum absolute atomic E-state index is 0.143. The van der Waals surface area contributed by atoms with Gasteiger partial charge in [-0.05, 0) is 104 Å². The third kappa shape index (κ3) is 5.96. The lowest BCUT2D eigenvalue weighted by atomic mass is 9.49. The molecule has 1 heterocycles. The predicted molar refractivity (Wildman–Crippen MR) is 169 cm³/mol. The van der Waals surface area contributed by atoms with Gasteiger partial charge in [0.1, 0.15) is 5.82 Å². The van der Waals surface area contributed by atoms with E-state index >= 15 is 0 Å². The Morgan fingerprint density at radius 2 is 1.60 bits per heavy atom. The Hall–Kier alpha value is -2.87. The van der Waals surface area contributed by atoms with Crippen molar-refractivity contribution in [3.8, 4) is 5.69 Å². The zero-order valence-corrected chi connectivity index (χ0v) is 26.0. The minimum Gasteiger partial charge on any atom is -0.345 e. The lowest BCUT2D eigenvalue weighted by Gasteiger charge is -2.55. The quantitative estimate of drug-likeness (QED) is 0.187. The molecule has 3 aromatic carbocycles. The van der Waals surface area contributed by atoms with Gasteiger partial charge >= 0.3 is 0 Å². The van der Waals surface area contributed by atoms with Crippen molar-refractivity contribution in [2.75, 3.05) is 0 Å². The molecule has 1 unspecified atom stereocenters. The molecule has 5 nitrogen and oxygen atoms in total. The van der Waals surface area contributed by atoms with Crippen molar-refractivity contribution >= 4 is 40.9 Å². The normalized spacial score (nSPS) is 24.7. The summed E-state index contributed by atoms with van der Waals surface area (Å²) < 4.78 is 15.5. The third-order valence-electron chi connectivity index (χ3n) is 9.51. The molecular formula is C34H33Cl2FN4OS. The first-order valence-electron chi connectivity index (χ1n) is 15.0. The van der Waals surface area contributed by atoms with Crippen LogP contribution in [-0.2, 0) is 17.0 Å². The second-order valence-electron chi connectivity index (χ2n) is 12.6. The molecule has 8 rings (SSSR count). The molecule has 1 N–H and O–H groups in total. The molecule has 43 heavy (non-hydrogen) atoms. The minimum atomic E-state index is -0.428. The summed E-state index contributed by atoms with van der Waals surface area (Å²) in [6, 6.07) is 21.5. The van der Waals surface area contributed by atoms with Crippen LogP contribution in [0.4, 0.5) is 4.39 Å². The van der Waals surface area contributed by atoms with Crippen molar-refractivity contribution in [2.24, 2.45) is 23.2 Å². The van der Waals surface area contributed by atoms with Crippen molar-refractivity contribution in [1.29, 1.82) is 0 Å². The Kier molecular flexibility index (Phi) is 7.99. The van der Waals surface area contributed by atoms with Crippen LogP contribution in [0.2, 0.25) is 10.0 Å². The molecule has 4 fully saturated rings. The van der Waals surface area contributed by atoms with Gasteiger partial charge in [0, 0.05) is 16.2 Å². The molecular weight excluding hydrogens is 602 g/mol. The molecule has 4 aliphatic carbocycles. The number of benzene rings is 3. The fourth-order valence-corrected chi connectivity index (χ4v) is 9.38. The van der Waals surface area contributed by atoms with E-state index in [1.54, 1.807) is 24.3 Å². The zero-order chi connectivity index (χ0) is 29.6. The highest BCUT2D eigenvalue weighted by atomic mass is 35.5. The van der Waals surface area contributed by atoms with Gasteiger partial charge in [-0.3, -0.25) is 9.36 Å². The van der Waals surface area contributed by atoms with Gasteiger partial charge < -0.3 is 5.32 Å². The van der Waals surface area contributed by atoms with Crippen molar-refractivity contribution in [3.63, 3.8) is 0 Å². The number of thioether (sulfide) groups is 1. The largest absolute Gasteiger partial charge is 0.345 e. The average Bonchev–Trinajstić information content (AvgIpc) is 3.40. The number of halogens is 3. The van der Waals surface area contributed by atoms with Crippen LogP contribution in [0.3, 0.4) is 0 Å². The van der Waals surface area contributed by atoms with Gasteiger partial charge in [-0.2, -0.15) is 0 Å². The maximum Gasteiger partial charge on any atom is 0.226 e. The van der Waals surface area contributed by atoms with E-state index in [0.29, 0.717) is 56.6 Å². The van der Waals surface area contributed by atoms with Crippen LogP contribution in [0.5, 0.6) is 0 Å². The van der Waals surface area contributed by atoms with E-state index in [9.17, 15) is 9.18 Å². The Morgan fingerprint density at radius 1 is 0.930 bits per heavy atom. The van der Waals surface area contributed by atoms with Gasteiger partial charge in [0.25, 0.3) is 0 Å². The molecule has 9 heteroatoms. The van der Waals surface area contributed by atoms with E-state index in [4.69, 9.17) is 28.3 Å². The van der Waals surface area contributed by atoms with Crippen LogP contribution in [0.1, 0.15) is 61.5 Å². The number of nitrogens with zero attached hydrogens (tertiary/aromatic N) is 3. The molecule has 0 saturated heterocycles. The first kappa shape index (κ1) is 28.9. The van der Waals surface area contributed by atoms with Gasteiger partial charge in [-0.25, -0.2) is 4.39 Å². The smallest absolute Gasteiger partial charge is 0.226 e. The molecule has 4 saturated carbocycles. The van der Waals surface area contributed by atoms with E-state index in [0.717, 1.165) is 30.4 Å². The van der Waals surface area contributed by atoms with E-state index in [-0.39, 0.29) is 17.1 Å². The molecule has 4 aromatic rings. The number of nitrogens with one attached hydrogen (secondary N) is 1. The number of carbonyl (C=O) groups is 1. The standard InChI is InChI=1S/C34H33Cl2FN4OS/c35-26-8-11-30(28(36)16-26)41-31(39-40-33(41)43-20-22-6-9-27(37)10-7-22)29(15-21-4-2-1-3-5-21)38-32(42)34-17-23-12-24(18-34)14-25(13-23)19-34/h1-11,16,23-25,29H,12-15,17-20H2,(H,38,42). The molecule has 222 valence electrons. The van der Waals surface area contributed by atoms with Gasteiger partial charge in [0.2, 0.25) is 5.91 Å². The summed E-state index contributed by atoms with van der Waals surface area (Å²) >= 11 is 14.6. The predicted octanol–water partition coefficient (Wildman–Crippen LogP) is 8.62. The van der Waals surface area contributed by atoms with Crippen molar-refractivity contribution in [3.05, 3.63) is 106 Å². The van der Waals surface area contributed by atoms with Gasteiger partial charge in [-0.15, -0.1) is 10.2 Å². The van der Waals surface area contributed by atoms with Crippen molar-refractivity contribution < 1.29 is 9.18 Å². The molecule has 1 atom stereocenters. The highest BCUT2D eigenvalue weighted by molar-refractivity contribution is 7.98. The lowest BCUT2D eigenvalue weighted by Crippen LogP contribution is -2.54. The zero-order valence-electron chi connectivity index (χ0n) is 23.7. The third-order valence-corrected chi connectivity index (χ3v) is 11.0. The monoisotopic (exact) mass is 634 g/mol. The summed E-state index contributed by atoms with van der Waals surface area (Å²) in [5.41, 5.74) is 2.44. The Bertz CT molecular complexity index is 1590. The fraction of sp³-hybridized carbons (Fsp3) is 0.382. The molecule has 0 aliphatic heterocycles. The van der Waals surface area contributed by atoms with Crippen LogP contribution in [0.25, 0.3) is 5.69 Å². The molecule has 1 amide bonds. The summed E-state index contributed by atoms with van der Waals surface area (Å²) in [6.45, 7) is 0. The second-order valence-corrected chi connectivity index (χ2v) is 14.4. The Balaban J connectivity index is 1.26. The number of carbonyl (C=O) groups excluding carboxylic acids is 1. The Labute approximate surface area is 265 Å². The number of hydrogen-bond acceptors (Lipinski definition) is 4. The van der Waals surface area contributed by atoms with E-state index in [2.05, 4.69) is 22.5 Å². The summed E-state index contributed by atoms with van der Waals surface area (Å²) in [5, 5.41) is 14.4. The SMILES string of the molecule is O=C(NC(Cc1ccccc1)c1nnc(SCc2ccc(F)cc2)n1-c1ccc(Cl)cc1Cl)C12CC3CC(CC(C3)C1)C2. The number of rotatable bonds is 9. The molecule has 1 aromatic heterocycles.